The first-order chi connectivity index (χ1) is 6.25. The predicted octanol–water partition coefficient (Wildman–Crippen LogP) is -1.29. The Balaban J connectivity index is 2.21. The molecule has 1 saturated heterocycles. The summed E-state index contributed by atoms with van der Waals surface area (Å²) >= 11 is 0. The van der Waals surface area contributed by atoms with Gasteiger partial charge in [-0.1, -0.05) is 12.2 Å². The van der Waals surface area contributed by atoms with Crippen LogP contribution in [0.5, 0.6) is 0 Å². The molecule has 0 spiro atoms. The molecule has 2 rings (SSSR count). The molecule has 0 unspecified atom stereocenters. The highest BCUT2D eigenvalue weighted by Gasteiger charge is 2.46. The standard InChI is InChI=1S/C9H15NO3/c11-5-7-9(13)8(12)6-3-1-2-4-10(6)7/h1,3,6-9,11-13H,2,4-5H2/t6-,7+,8-,9+/m1/s1. The first-order valence-corrected chi connectivity index (χ1v) is 4.65. The normalized spacial score (nSPS) is 45.2. The molecule has 4 heteroatoms. The van der Waals surface area contributed by atoms with Gasteiger partial charge in [0, 0.05) is 6.54 Å². The molecule has 13 heavy (non-hydrogen) atoms. The number of rotatable bonds is 1. The van der Waals surface area contributed by atoms with Crippen molar-refractivity contribution in [1.82, 2.24) is 4.90 Å². The lowest BCUT2D eigenvalue weighted by Crippen LogP contribution is -2.42. The zero-order valence-corrected chi connectivity index (χ0v) is 7.37. The molecule has 1 fully saturated rings. The third-order valence-corrected chi connectivity index (χ3v) is 2.98. The van der Waals surface area contributed by atoms with E-state index in [2.05, 4.69) is 0 Å². The molecule has 2 aliphatic rings. The van der Waals surface area contributed by atoms with Crippen molar-refractivity contribution < 1.29 is 15.3 Å². The molecule has 0 saturated carbocycles. The molecule has 3 N–H and O–H groups in total. The third-order valence-electron chi connectivity index (χ3n) is 2.98. The van der Waals surface area contributed by atoms with Gasteiger partial charge in [0.2, 0.25) is 0 Å². The largest absolute Gasteiger partial charge is 0.395 e. The van der Waals surface area contributed by atoms with Crippen LogP contribution in [0.3, 0.4) is 0 Å². The van der Waals surface area contributed by atoms with Crippen molar-refractivity contribution in [1.29, 1.82) is 0 Å². The maximum Gasteiger partial charge on any atom is 0.101 e. The van der Waals surface area contributed by atoms with Gasteiger partial charge in [-0.25, -0.2) is 0 Å². The first-order valence-electron chi connectivity index (χ1n) is 4.65. The van der Waals surface area contributed by atoms with Gasteiger partial charge >= 0.3 is 0 Å². The lowest BCUT2D eigenvalue weighted by atomic mass is 10.1. The molecular formula is C9H15NO3. The van der Waals surface area contributed by atoms with Gasteiger partial charge in [0.1, 0.15) is 6.10 Å². The zero-order chi connectivity index (χ0) is 9.42. The predicted molar refractivity (Wildman–Crippen MR) is 47.1 cm³/mol. The average Bonchev–Trinajstić information content (AvgIpc) is 2.41. The Morgan fingerprint density at radius 1 is 1.31 bits per heavy atom. The summed E-state index contributed by atoms with van der Waals surface area (Å²) in [7, 11) is 0. The van der Waals surface area contributed by atoms with E-state index >= 15 is 0 Å². The van der Waals surface area contributed by atoms with Crippen LogP contribution in [-0.2, 0) is 0 Å². The Bertz CT molecular complexity index is 219. The molecule has 4 nitrogen and oxygen atoms in total. The van der Waals surface area contributed by atoms with Crippen LogP contribution in [0.2, 0.25) is 0 Å². The maximum atomic E-state index is 9.64. The topological polar surface area (TPSA) is 63.9 Å². The maximum absolute atomic E-state index is 9.64. The fraction of sp³-hybridized carbons (Fsp3) is 0.778. The highest BCUT2D eigenvalue weighted by atomic mass is 16.3. The number of hydrogen-bond acceptors (Lipinski definition) is 4. The van der Waals surface area contributed by atoms with Crippen molar-refractivity contribution in [2.24, 2.45) is 0 Å². The quantitative estimate of drug-likeness (QED) is 0.445. The molecule has 0 amide bonds. The van der Waals surface area contributed by atoms with Crippen LogP contribution in [0.4, 0.5) is 0 Å². The number of hydrogen-bond donors (Lipinski definition) is 3. The van der Waals surface area contributed by atoms with Crippen molar-refractivity contribution in [2.45, 2.75) is 30.7 Å². The van der Waals surface area contributed by atoms with Crippen LogP contribution in [0, 0.1) is 0 Å². The van der Waals surface area contributed by atoms with Gasteiger partial charge in [-0.15, -0.1) is 0 Å². The molecule has 0 aromatic carbocycles. The summed E-state index contributed by atoms with van der Waals surface area (Å²) in [5, 5.41) is 28.3. The molecule has 0 aromatic heterocycles. The summed E-state index contributed by atoms with van der Waals surface area (Å²) in [6.45, 7) is 0.711. The SMILES string of the molecule is OC[C@H]1[C@H](O)[C@H](O)[C@H]2C=CCCN21. The highest BCUT2D eigenvalue weighted by molar-refractivity contribution is 5.12. The van der Waals surface area contributed by atoms with Crippen molar-refractivity contribution >= 4 is 0 Å². The summed E-state index contributed by atoms with van der Waals surface area (Å²) in [6, 6.07) is -0.411. The van der Waals surface area contributed by atoms with Gasteiger partial charge in [-0.2, -0.15) is 0 Å². The second-order valence-corrected chi connectivity index (χ2v) is 3.68. The second kappa shape index (κ2) is 3.38. The van der Waals surface area contributed by atoms with E-state index in [0.29, 0.717) is 0 Å². The third kappa shape index (κ3) is 1.30. The second-order valence-electron chi connectivity index (χ2n) is 3.68. The summed E-state index contributed by atoms with van der Waals surface area (Å²) in [6.07, 6.45) is 3.27. The van der Waals surface area contributed by atoms with Gasteiger partial charge < -0.3 is 15.3 Å². The number of aliphatic hydroxyl groups is 3. The zero-order valence-electron chi connectivity index (χ0n) is 7.37. The van der Waals surface area contributed by atoms with Gasteiger partial charge in [0.05, 0.1) is 24.8 Å². The summed E-state index contributed by atoms with van der Waals surface area (Å²) in [5.41, 5.74) is 0. The molecule has 2 heterocycles. The summed E-state index contributed by atoms with van der Waals surface area (Å²) in [4.78, 5) is 1.97. The Morgan fingerprint density at radius 2 is 2.08 bits per heavy atom. The monoisotopic (exact) mass is 185 g/mol. The van der Waals surface area contributed by atoms with Crippen molar-refractivity contribution in [3.63, 3.8) is 0 Å². The van der Waals surface area contributed by atoms with E-state index in [-0.39, 0.29) is 18.7 Å². The minimum Gasteiger partial charge on any atom is -0.395 e. The van der Waals surface area contributed by atoms with Crippen LogP contribution >= 0.6 is 0 Å². The summed E-state index contributed by atoms with van der Waals surface area (Å²) in [5.74, 6) is 0. The van der Waals surface area contributed by atoms with E-state index in [4.69, 9.17) is 5.11 Å². The van der Waals surface area contributed by atoms with E-state index in [0.717, 1.165) is 13.0 Å². The smallest absolute Gasteiger partial charge is 0.101 e. The molecule has 0 aromatic rings. The van der Waals surface area contributed by atoms with Crippen LogP contribution in [0.25, 0.3) is 0 Å². The molecule has 4 atom stereocenters. The van der Waals surface area contributed by atoms with Gasteiger partial charge in [-0.05, 0) is 6.42 Å². The molecule has 74 valence electrons. The van der Waals surface area contributed by atoms with Gasteiger partial charge in [0.25, 0.3) is 0 Å². The molecular weight excluding hydrogens is 170 g/mol. The number of fused-ring (bicyclic) bond motifs is 1. The lowest BCUT2D eigenvalue weighted by Gasteiger charge is -2.29. The highest BCUT2D eigenvalue weighted by Crippen LogP contribution is 2.28. The van der Waals surface area contributed by atoms with Crippen LogP contribution in [0.1, 0.15) is 6.42 Å². The van der Waals surface area contributed by atoms with E-state index in [1.807, 2.05) is 17.1 Å². The van der Waals surface area contributed by atoms with E-state index in [1.54, 1.807) is 0 Å². The molecule has 0 aliphatic carbocycles. The van der Waals surface area contributed by atoms with Gasteiger partial charge in [0.15, 0.2) is 0 Å². The fourth-order valence-corrected chi connectivity index (χ4v) is 2.25. The Hall–Kier alpha value is -0.420. The molecule has 0 radical (unpaired) electrons. The lowest BCUT2D eigenvalue weighted by molar-refractivity contribution is 0.0203. The number of nitrogens with zero attached hydrogens (tertiary/aromatic N) is 1. The Morgan fingerprint density at radius 3 is 2.77 bits per heavy atom. The van der Waals surface area contributed by atoms with E-state index in [9.17, 15) is 10.2 Å². The van der Waals surface area contributed by atoms with Crippen molar-refractivity contribution in [3.8, 4) is 0 Å². The summed E-state index contributed by atoms with van der Waals surface area (Å²) < 4.78 is 0. The first kappa shape index (κ1) is 9.15. The fourth-order valence-electron chi connectivity index (χ4n) is 2.25. The van der Waals surface area contributed by atoms with Crippen LogP contribution in [0.15, 0.2) is 12.2 Å². The van der Waals surface area contributed by atoms with Gasteiger partial charge in [-0.3, -0.25) is 4.90 Å². The molecule has 2 aliphatic heterocycles. The number of aliphatic hydroxyl groups excluding tert-OH is 3. The minimum atomic E-state index is -0.822. The van der Waals surface area contributed by atoms with E-state index < -0.39 is 12.2 Å². The minimum absolute atomic E-state index is 0.0947. The Kier molecular flexibility index (Phi) is 2.38. The van der Waals surface area contributed by atoms with Crippen molar-refractivity contribution in [3.05, 3.63) is 12.2 Å². The van der Waals surface area contributed by atoms with Crippen LogP contribution < -0.4 is 0 Å². The van der Waals surface area contributed by atoms with Crippen LogP contribution in [-0.4, -0.2) is 57.7 Å². The van der Waals surface area contributed by atoms with Crippen molar-refractivity contribution in [2.75, 3.05) is 13.2 Å². The van der Waals surface area contributed by atoms with E-state index in [1.165, 1.54) is 0 Å². The molecule has 0 bridgehead atoms. The average molecular weight is 185 g/mol. The Labute approximate surface area is 77.1 Å².